The minimum atomic E-state index is -0.550. The molecular formula is C11H16N4O4. The number of nitro groups is 1. The summed E-state index contributed by atoms with van der Waals surface area (Å²) in [4.78, 5) is 25.7. The van der Waals surface area contributed by atoms with Crippen LogP contribution in [0.15, 0.2) is 18.3 Å². The van der Waals surface area contributed by atoms with Gasteiger partial charge in [0.25, 0.3) is 5.69 Å². The first-order valence-electron chi connectivity index (χ1n) is 5.68. The first-order chi connectivity index (χ1) is 9.04. The van der Waals surface area contributed by atoms with E-state index in [2.05, 4.69) is 15.6 Å². The molecule has 8 heteroatoms. The second-order valence-corrected chi connectivity index (χ2v) is 3.81. The van der Waals surface area contributed by atoms with Crippen LogP contribution < -0.4 is 10.6 Å². The number of hydrogen-bond acceptors (Lipinski definition) is 6. The maximum absolute atomic E-state index is 11.7. The average Bonchev–Trinajstić information content (AvgIpc) is 2.39. The van der Waals surface area contributed by atoms with Crippen LogP contribution in [0.1, 0.15) is 6.92 Å². The molecule has 0 radical (unpaired) electrons. The van der Waals surface area contributed by atoms with Crippen molar-refractivity contribution in [2.24, 2.45) is 0 Å². The molecule has 1 rings (SSSR count). The van der Waals surface area contributed by atoms with Crippen LogP contribution in [-0.2, 0) is 9.53 Å². The third kappa shape index (κ3) is 4.88. The number of hydrogen-bond donors (Lipinski definition) is 2. The monoisotopic (exact) mass is 268 g/mol. The van der Waals surface area contributed by atoms with Gasteiger partial charge in [0.15, 0.2) is 0 Å². The molecule has 1 aromatic rings. The van der Waals surface area contributed by atoms with E-state index in [1.165, 1.54) is 18.3 Å². The fourth-order valence-electron chi connectivity index (χ4n) is 1.33. The van der Waals surface area contributed by atoms with Crippen LogP contribution >= 0.6 is 0 Å². The van der Waals surface area contributed by atoms with Crippen LogP contribution in [-0.4, -0.2) is 42.1 Å². The molecule has 0 aliphatic heterocycles. The Bertz CT molecular complexity index is 452. The fraction of sp³-hybridized carbons (Fsp3) is 0.455. The molecule has 0 aromatic carbocycles. The number of anilines is 1. The molecule has 1 atom stereocenters. The molecule has 19 heavy (non-hydrogen) atoms. The van der Waals surface area contributed by atoms with E-state index in [9.17, 15) is 14.9 Å². The average molecular weight is 268 g/mol. The number of nitrogens with one attached hydrogen (secondary N) is 2. The second kappa shape index (κ2) is 7.27. The molecule has 8 nitrogen and oxygen atoms in total. The van der Waals surface area contributed by atoms with E-state index in [1.54, 1.807) is 14.0 Å². The maximum atomic E-state index is 11.7. The Morgan fingerprint density at radius 3 is 3.00 bits per heavy atom. The quantitative estimate of drug-likeness (QED) is 0.425. The number of pyridine rings is 1. The fourth-order valence-corrected chi connectivity index (χ4v) is 1.33. The Labute approximate surface area is 110 Å². The zero-order chi connectivity index (χ0) is 14.3. The van der Waals surface area contributed by atoms with Gasteiger partial charge in [-0.3, -0.25) is 14.9 Å². The van der Waals surface area contributed by atoms with E-state index < -0.39 is 11.0 Å². The van der Waals surface area contributed by atoms with Gasteiger partial charge in [0, 0.05) is 25.9 Å². The van der Waals surface area contributed by atoms with Gasteiger partial charge >= 0.3 is 0 Å². The molecule has 104 valence electrons. The lowest BCUT2D eigenvalue weighted by molar-refractivity contribution is -0.384. The molecule has 1 amide bonds. The first kappa shape index (κ1) is 14.8. The minimum absolute atomic E-state index is 0.0792. The van der Waals surface area contributed by atoms with Gasteiger partial charge < -0.3 is 15.4 Å². The molecule has 0 spiro atoms. The lowest BCUT2D eigenvalue weighted by Gasteiger charge is -2.14. The number of amides is 1. The van der Waals surface area contributed by atoms with Crippen molar-refractivity contribution >= 4 is 17.4 Å². The number of rotatable bonds is 7. The van der Waals surface area contributed by atoms with Gasteiger partial charge in [-0.1, -0.05) is 0 Å². The summed E-state index contributed by atoms with van der Waals surface area (Å²) in [5.41, 5.74) is -0.0792. The van der Waals surface area contributed by atoms with Crippen molar-refractivity contribution in [3.05, 3.63) is 28.4 Å². The molecule has 0 saturated heterocycles. The van der Waals surface area contributed by atoms with E-state index in [0.717, 1.165) is 0 Å². The zero-order valence-corrected chi connectivity index (χ0v) is 10.8. The highest BCUT2D eigenvalue weighted by Gasteiger charge is 2.14. The molecule has 0 aliphatic rings. The lowest BCUT2D eigenvalue weighted by atomic mass is 10.3. The first-order valence-corrected chi connectivity index (χ1v) is 5.68. The SMILES string of the molecule is COCCNC(=O)C(C)Nc1cc([N+](=O)[O-])ccn1. The molecule has 0 fully saturated rings. The molecule has 1 unspecified atom stereocenters. The molecule has 0 bridgehead atoms. The van der Waals surface area contributed by atoms with E-state index in [1.807, 2.05) is 0 Å². The van der Waals surface area contributed by atoms with Crippen molar-refractivity contribution in [1.82, 2.24) is 10.3 Å². The van der Waals surface area contributed by atoms with E-state index in [4.69, 9.17) is 4.74 Å². The molecule has 0 saturated carbocycles. The van der Waals surface area contributed by atoms with Crippen molar-refractivity contribution in [3.8, 4) is 0 Å². The number of aromatic nitrogens is 1. The molecular weight excluding hydrogens is 252 g/mol. The van der Waals surface area contributed by atoms with Gasteiger partial charge in [-0.15, -0.1) is 0 Å². The Kier molecular flexibility index (Phi) is 5.68. The van der Waals surface area contributed by atoms with E-state index in [-0.39, 0.29) is 17.4 Å². The van der Waals surface area contributed by atoms with Crippen molar-refractivity contribution in [2.75, 3.05) is 25.6 Å². The van der Waals surface area contributed by atoms with Gasteiger partial charge in [-0.25, -0.2) is 4.98 Å². The number of ether oxygens (including phenoxy) is 1. The summed E-state index contributed by atoms with van der Waals surface area (Å²) in [5, 5.41) is 16.1. The smallest absolute Gasteiger partial charge is 0.274 e. The van der Waals surface area contributed by atoms with Crippen LogP contribution in [0, 0.1) is 10.1 Å². The van der Waals surface area contributed by atoms with Crippen molar-refractivity contribution in [2.45, 2.75) is 13.0 Å². The summed E-state index contributed by atoms with van der Waals surface area (Å²) in [7, 11) is 1.54. The predicted molar refractivity (Wildman–Crippen MR) is 68.9 cm³/mol. The second-order valence-electron chi connectivity index (χ2n) is 3.81. The van der Waals surface area contributed by atoms with Crippen molar-refractivity contribution in [3.63, 3.8) is 0 Å². The number of carbonyl (C=O) groups is 1. The predicted octanol–water partition coefficient (Wildman–Crippen LogP) is 0.553. The van der Waals surface area contributed by atoms with E-state index >= 15 is 0 Å². The van der Waals surface area contributed by atoms with E-state index in [0.29, 0.717) is 13.2 Å². The maximum Gasteiger partial charge on any atom is 0.274 e. The number of nitrogens with zero attached hydrogens (tertiary/aromatic N) is 2. The minimum Gasteiger partial charge on any atom is -0.383 e. The summed E-state index contributed by atoms with van der Waals surface area (Å²) in [6.45, 7) is 2.47. The summed E-state index contributed by atoms with van der Waals surface area (Å²) in [6.07, 6.45) is 1.32. The molecule has 2 N–H and O–H groups in total. The third-order valence-electron chi connectivity index (χ3n) is 2.32. The number of methoxy groups -OCH3 is 1. The van der Waals surface area contributed by atoms with Gasteiger partial charge in [0.05, 0.1) is 17.6 Å². The molecule has 1 heterocycles. The highest BCUT2D eigenvalue weighted by Crippen LogP contribution is 2.14. The molecule has 1 aromatic heterocycles. The zero-order valence-electron chi connectivity index (χ0n) is 10.8. The standard InChI is InChI=1S/C11H16N4O4/c1-8(11(16)13-5-6-19-2)14-10-7-9(15(17)18)3-4-12-10/h3-4,7-8H,5-6H2,1-2H3,(H,12,14)(H,13,16). The van der Waals surface area contributed by atoms with Crippen molar-refractivity contribution in [1.29, 1.82) is 0 Å². The number of carbonyl (C=O) groups excluding carboxylic acids is 1. The van der Waals surface area contributed by atoms with Crippen LogP contribution in [0.3, 0.4) is 0 Å². The third-order valence-corrected chi connectivity index (χ3v) is 2.32. The van der Waals surface area contributed by atoms with Crippen LogP contribution in [0.5, 0.6) is 0 Å². The van der Waals surface area contributed by atoms with Crippen molar-refractivity contribution < 1.29 is 14.5 Å². The Morgan fingerprint density at radius 1 is 1.63 bits per heavy atom. The van der Waals surface area contributed by atoms with Crippen LogP contribution in [0.4, 0.5) is 11.5 Å². The highest BCUT2D eigenvalue weighted by atomic mass is 16.6. The van der Waals surface area contributed by atoms with Gasteiger partial charge in [0.1, 0.15) is 11.9 Å². The largest absolute Gasteiger partial charge is 0.383 e. The topological polar surface area (TPSA) is 106 Å². The summed E-state index contributed by atoms with van der Waals surface area (Å²) in [5.74, 6) is 0.0500. The Hall–Kier alpha value is -2.22. The van der Waals surface area contributed by atoms with Gasteiger partial charge in [-0.2, -0.15) is 0 Å². The lowest BCUT2D eigenvalue weighted by Crippen LogP contribution is -2.39. The molecule has 0 aliphatic carbocycles. The normalized spacial score (nSPS) is 11.7. The van der Waals surface area contributed by atoms with Gasteiger partial charge in [-0.05, 0) is 6.92 Å². The highest BCUT2D eigenvalue weighted by molar-refractivity contribution is 5.83. The Balaban J connectivity index is 2.56. The van der Waals surface area contributed by atoms with Crippen LogP contribution in [0.2, 0.25) is 0 Å². The summed E-state index contributed by atoms with van der Waals surface area (Å²) in [6, 6.07) is 2.01. The van der Waals surface area contributed by atoms with Gasteiger partial charge in [0.2, 0.25) is 5.91 Å². The summed E-state index contributed by atoms with van der Waals surface area (Å²) < 4.78 is 4.81. The Morgan fingerprint density at radius 2 is 2.37 bits per heavy atom. The van der Waals surface area contributed by atoms with Crippen LogP contribution in [0.25, 0.3) is 0 Å². The summed E-state index contributed by atoms with van der Waals surface area (Å²) >= 11 is 0.